The fourth-order valence-electron chi connectivity index (χ4n) is 4.47. The smallest absolute Gasteiger partial charge is 0.335 e. The number of carboxylic acids is 1. The molecule has 6 atom stereocenters. The molecule has 2 aliphatic rings. The number of carbonyl (C=O) groups excluding carboxylic acids is 3. The Morgan fingerprint density at radius 1 is 1.00 bits per heavy atom. The number of esters is 1. The quantitative estimate of drug-likeness (QED) is 0.0452. The van der Waals surface area contributed by atoms with Gasteiger partial charge in [-0.25, -0.2) is 4.79 Å². The molecule has 16 nitrogen and oxygen atoms in total. The minimum absolute atomic E-state index is 0.0718. The number of amides is 2. The molecule has 0 saturated carbocycles. The highest BCUT2D eigenvalue weighted by atomic mass is 16.7. The summed E-state index contributed by atoms with van der Waals surface area (Å²) in [5.74, 6) is -2.36. The highest BCUT2D eigenvalue weighted by molar-refractivity contribution is 6.12. The molecule has 3 rings (SSSR count). The molecule has 2 heterocycles. The summed E-state index contributed by atoms with van der Waals surface area (Å²) >= 11 is 0. The lowest BCUT2D eigenvalue weighted by atomic mass is 9.99. The standard InChI is InChI=1S/C29H40N2O14/c1-17(32)43-16-18-6-7-19(44-29-26(38)24(36)25(37)27(45-29)28(39)40)15-20(18)42-14-13-41-12-10-30-21(33)5-3-2-4-11-31-22(34)8-9-23(31)35/h6-9,15,21,24-27,29-30,33,36-38H,2-5,10-14,16H2,1H3,(H,39,40)/t21?,24-,25-,26+,27-,29+/m0/s1. The third-order valence-electron chi connectivity index (χ3n) is 6.91. The molecule has 2 amide bonds. The second-order valence-electron chi connectivity index (χ2n) is 10.3. The van der Waals surface area contributed by atoms with Crippen LogP contribution in [0.2, 0.25) is 0 Å². The molecule has 1 saturated heterocycles. The Kier molecular flexibility index (Phi) is 14.1. The van der Waals surface area contributed by atoms with E-state index in [1.807, 2.05) is 0 Å². The van der Waals surface area contributed by atoms with Gasteiger partial charge >= 0.3 is 11.9 Å². The number of unbranched alkanes of at least 4 members (excludes halogenated alkanes) is 2. The number of imide groups is 1. The number of hydrogen-bond donors (Lipinski definition) is 6. The second-order valence-corrected chi connectivity index (χ2v) is 10.3. The highest BCUT2D eigenvalue weighted by Gasteiger charge is 2.48. The number of benzene rings is 1. The lowest BCUT2D eigenvalue weighted by Crippen LogP contribution is -2.61. The number of aliphatic carboxylic acids is 1. The van der Waals surface area contributed by atoms with Crippen molar-refractivity contribution in [2.75, 3.05) is 32.9 Å². The first-order chi connectivity index (χ1) is 21.5. The first-order valence-corrected chi connectivity index (χ1v) is 14.5. The van der Waals surface area contributed by atoms with Gasteiger partial charge in [-0.3, -0.25) is 24.6 Å². The zero-order valence-electron chi connectivity index (χ0n) is 24.8. The van der Waals surface area contributed by atoms with Crippen molar-refractivity contribution in [3.63, 3.8) is 0 Å². The molecule has 2 aliphatic heterocycles. The van der Waals surface area contributed by atoms with Gasteiger partial charge in [0, 0.05) is 43.8 Å². The molecule has 1 fully saturated rings. The number of nitrogens with zero attached hydrogens (tertiary/aromatic N) is 1. The third kappa shape index (κ3) is 11.0. The molecule has 1 unspecified atom stereocenters. The number of nitrogens with one attached hydrogen (secondary N) is 1. The fourth-order valence-corrected chi connectivity index (χ4v) is 4.47. The first-order valence-electron chi connectivity index (χ1n) is 14.5. The summed E-state index contributed by atoms with van der Waals surface area (Å²) in [6, 6.07) is 4.37. The summed E-state index contributed by atoms with van der Waals surface area (Å²) in [5, 5.41) is 52.4. The first kappa shape index (κ1) is 35.8. The summed E-state index contributed by atoms with van der Waals surface area (Å²) in [5.41, 5.74) is 0.474. The molecule has 250 valence electrons. The minimum Gasteiger partial charge on any atom is -0.491 e. The van der Waals surface area contributed by atoms with E-state index in [4.69, 9.17) is 23.7 Å². The number of hydrogen-bond acceptors (Lipinski definition) is 14. The Bertz CT molecular complexity index is 1180. The van der Waals surface area contributed by atoms with E-state index < -0.39 is 48.9 Å². The molecule has 45 heavy (non-hydrogen) atoms. The van der Waals surface area contributed by atoms with Crippen LogP contribution in [0.1, 0.15) is 38.2 Å². The van der Waals surface area contributed by atoms with Crippen molar-refractivity contribution in [1.29, 1.82) is 0 Å². The predicted octanol–water partition coefficient (Wildman–Crippen LogP) is -1.19. The number of ether oxygens (including phenoxy) is 5. The molecular formula is C29H40N2O14. The van der Waals surface area contributed by atoms with Crippen molar-refractivity contribution >= 4 is 23.8 Å². The fraction of sp³-hybridized carbons (Fsp3) is 0.586. The van der Waals surface area contributed by atoms with Crippen molar-refractivity contribution in [2.45, 2.75) is 76.1 Å². The van der Waals surface area contributed by atoms with Crippen LogP contribution in [-0.4, -0.2) is 124 Å². The van der Waals surface area contributed by atoms with Gasteiger partial charge in [-0.05, 0) is 31.4 Å². The van der Waals surface area contributed by atoms with Crippen molar-refractivity contribution in [3.8, 4) is 11.5 Å². The van der Waals surface area contributed by atoms with Crippen LogP contribution >= 0.6 is 0 Å². The van der Waals surface area contributed by atoms with Crippen LogP contribution in [-0.2, 0) is 40.0 Å². The maximum atomic E-state index is 11.5. The molecular weight excluding hydrogens is 600 g/mol. The summed E-state index contributed by atoms with van der Waals surface area (Å²) < 4.78 is 27.1. The van der Waals surface area contributed by atoms with Crippen molar-refractivity contribution in [3.05, 3.63) is 35.9 Å². The topological polar surface area (TPSA) is 231 Å². The van der Waals surface area contributed by atoms with Crippen molar-refractivity contribution in [2.24, 2.45) is 0 Å². The predicted molar refractivity (Wildman–Crippen MR) is 152 cm³/mol. The van der Waals surface area contributed by atoms with Gasteiger partial charge in [-0.15, -0.1) is 0 Å². The monoisotopic (exact) mass is 640 g/mol. The largest absolute Gasteiger partial charge is 0.491 e. The summed E-state index contributed by atoms with van der Waals surface area (Å²) in [6.07, 6.45) is -4.53. The summed E-state index contributed by atoms with van der Waals surface area (Å²) in [6.45, 7) is 2.36. The van der Waals surface area contributed by atoms with E-state index in [9.17, 15) is 44.7 Å². The molecule has 0 spiro atoms. The van der Waals surface area contributed by atoms with Gasteiger partial charge in [0.15, 0.2) is 6.10 Å². The number of rotatable bonds is 19. The van der Waals surface area contributed by atoms with E-state index in [1.165, 1.54) is 42.2 Å². The van der Waals surface area contributed by atoms with E-state index in [-0.39, 0.29) is 49.7 Å². The lowest BCUT2D eigenvalue weighted by molar-refractivity contribution is -0.271. The number of aliphatic hydroxyl groups excluding tert-OH is 4. The van der Waals surface area contributed by atoms with Gasteiger partial charge < -0.3 is 49.2 Å². The average molecular weight is 641 g/mol. The number of aliphatic hydroxyl groups is 4. The van der Waals surface area contributed by atoms with Crippen LogP contribution in [0, 0.1) is 0 Å². The van der Waals surface area contributed by atoms with E-state index in [0.29, 0.717) is 37.9 Å². The van der Waals surface area contributed by atoms with Crippen LogP contribution in [0.25, 0.3) is 0 Å². The zero-order valence-corrected chi connectivity index (χ0v) is 24.8. The molecule has 0 radical (unpaired) electrons. The Labute approximate surface area is 259 Å². The minimum atomic E-state index is -1.86. The van der Waals surface area contributed by atoms with Gasteiger partial charge in [0.05, 0.1) is 13.2 Å². The normalized spacial score (nSPS) is 23.7. The molecule has 0 aromatic heterocycles. The maximum absolute atomic E-state index is 11.5. The van der Waals surface area contributed by atoms with Crippen LogP contribution in [0.4, 0.5) is 0 Å². The van der Waals surface area contributed by atoms with Gasteiger partial charge in [-0.1, -0.05) is 6.42 Å². The Morgan fingerprint density at radius 2 is 1.73 bits per heavy atom. The number of carboxylic acid groups (broad SMARTS) is 1. The average Bonchev–Trinajstić information content (AvgIpc) is 3.32. The Morgan fingerprint density at radius 3 is 2.42 bits per heavy atom. The van der Waals surface area contributed by atoms with E-state index in [2.05, 4.69) is 5.32 Å². The van der Waals surface area contributed by atoms with Gasteiger partial charge in [-0.2, -0.15) is 0 Å². The van der Waals surface area contributed by atoms with Gasteiger partial charge in [0.1, 0.15) is 49.3 Å². The Balaban J connectivity index is 1.38. The van der Waals surface area contributed by atoms with Crippen LogP contribution in [0.5, 0.6) is 11.5 Å². The molecule has 1 aromatic carbocycles. The summed E-state index contributed by atoms with van der Waals surface area (Å²) in [4.78, 5) is 46.9. The maximum Gasteiger partial charge on any atom is 0.335 e. The molecule has 0 aliphatic carbocycles. The lowest BCUT2D eigenvalue weighted by Gasteiger charge is -2.38. The SMILES string of the molecule is CC(=O)OCc1ccc(O[C@@H]2O[C@H](C(=O)O)[C@@H](O)[C@H](O)[C@H]2O)cc1OCCOCCNC(O)CCCCCN1C(=O)C=CC1=O. The van der Waals surface area contributed by atoms with E-state index >= 15 is 0 Å². The summed E-state index contributed by atoms with van der Waals surface area (Å²) in [7, 11) is 0. The van der Waals surface area contributed by atoms with Crippen molar-refractivity contribution < 1.29 is 68.4 Å². The molecule has 0 bridgehead atoms. The molecule has 1 aromatic rings. The second kappa shape index (κ2) is 17.7. The van der Waals surface area contributed by atoms with E-state index in [0.717, 1.165) is 6.42 Å². The van der Waals surface area contributed by atoms with Crippen LogP contribution in [0.15, 0.2) is 30.4 Å². The highest BCUT2D eigenvalue weighted by Crippen LogP contribution is 2.29. The van der Waals surface area contributed by atoms with Crippen LogP contribution in [0.3, 0.4) is 0 Å². The van der Waals surface area contributed by atoms with Gasteiger partial charge in [0.25, 0.3) is 11.8 Å². The zero-order chi connectivity index (χ0) is 32.9. The molecule has 16 heteroatoms. The van der Waals surface area contributed by atoms with Crippen molar-refractivity contribution in [1.82, 2.24) is 10.2 Å². The number of carbonyl (C=O) groups is 4. The molecule has 6 N–H and O–H groups in total. The third-order valence-corrected chi connectivity index (χ3v) is 6.91. The van der Waals surface area contributed by atoms with Gasteiger partial charge in [0.2, 0.25) is 6.29 Å². The van der Waals surface area contributed by atoms with Crippen LogP contribution < -0.4 is 14.8 Å². The van der Waals surface area contributed by atoms with E-state index in [1.54, 1.807) is 0 Å². The Hall–Kier alpha value is -3.64.